The molecule has 0 unspecified atom stereocenters. The molecular weight excluding hydrogens is 338 g/mol. The van der Waals surface area contributed by atoms with Gasteiger partial charge >= 0.3 is 0 Å². The maximum Gasteiger partial charge on any atom is 0.154 e. The van der Waals surface area contributed by atoms with Crippen LogP contribution in [0, 0.1) is 6.92 Å². The summed E-state index contributed by atoms with van der Waals surface area (Å²) in [6.07, 6.45) is 4.37. The molecule has 1 aliphatic heterocycles. The highest BCUT2D eigenvalue weighted by atomic mass is 16.5. The molecule has 1 aliphatic rings. The molecule has 2 heterocycles. The molecule has 6 heteroatoms. The third-order valence-corrected chi connectivity index (χ3v) is 4.47. The van der Waals surface area contributed by atoms with Crippen molar-refractivity contribution in [1.29, 1.82) is 0 Å². The molecule has 2 aromatic rings. The Morgan fingerprint density at radius 2 is 1.89 bits per heavy atom. The minimum absolute atomic E-state index is 0.701. The minimum Gasteiger partial charge on any atom is -0.378 e. The molecule has 0 bridgehead atoms. The summed E-state index contributed by atoms with van der Waals surface area (Å²) in [6, 6.07) is 8.37. The van der Waals surface area contributed by atoms with Gasteiger partial charge in [0.1, 0.15) is 5.69 Å². The van der Waals surface area contributed by atoms with E-state index >= 15 is 0 Å². The lowest BCUT2D eigenvalue weighted by Crippen LogP contribution is -2.36. The number of morpholine rings is 1. The SMILES string of the molecule is C=C(/N=C(/NCCC)c1nccnc1C)c1ccc(N2CCOCC2)cc1. The van der Waals surface area contributed by atoms with Crippen LogP contribution in [-0.4, -0.2) is 48.7 Å². The van der Waals surface area contributed by atoms with Gasteiger partial charge < -0.3 is 15.0 Å². The first-order valence-corrected chi connectivity index (χ1v) is 9.41. The number of aryl methyl sites for hydroxylation is 1. The van der Waals surface area contributed by atoms with Gasteiger partial charge in [0.2, 0.25) is 0 Å². The van der Waals surface area contributed by atoms with Crippen molar-refractivity contribution in [2.45, 2.75) is 20.3 Å². The topological polar surface area (TPSA) is 62.6 Å². The van der Waals surface area contributed by atoms with Crippen LogP contribution in [0.15, 0.2) is 48.2 Å². The van der Waals surface area contributed by atoms with E-state index in [0.29, 0.717) is 11.5 Å². The molecule has 1 saturated heterocycles. The van der Waals surface area contributed by atoms with Crippen molar-refractivity contribution in [2.24, 2.45) is 4.99 Å². The average Bonchev–Trinajstić information content (AvgIpc) is 2.72. The number of hydrogen-bond acceptors (Lipinski definition) is 5. The van der Waals surface area contributed by atoms with Crippen molar-refractivity contribution in [3.63, 3.8) is 0 Å². The zero-order valence-electron chi connectivity index (χ0n) is 16.1. The lowest BCUT2D eigenvalue weighted by molar-refractivity contribution is 0.122. The summed E-state index contributed by atoms with van der Waals surface area (Å²) >= 11 is 0. The van der Waals surface area contributed by atoms with E-state index in [1.165, 1.54) is 5.69 Å². The first-order valence-electron chi connectivity index (χ1n) is 9.41. The highest BCUT2D eigenvalue weighted by Crippen LogP contribution is 2.21. The van der Waals surface area contributed by atoms with E-state index in [2.05, 4.69) is 58.0 Å². The molecule has 0 spiro atoms. The van der Waals surface area contributed by atoms with E-state index in [0.717, 1.165) is 56.2 Å². The molecule has 1 N–H and O–H groups in total. The van der Waals surface area contributed by atoms with Crippen LogP contribution in [-0.2, 0) is 4.74 Å². The van der Waals surface area contributed by atoms with Gasteiger partial charge in [-0.2, -0.15) is 0 Å². The Hall–Kier alpha value is -2.73. The van der Waals surface area contributed by atoms with Crippen LogP contribution in [0.4, 0.5) is 5.69 Å². The fourth-order valence-corrected chi connectivity index (χ4v) is 2.95. The third-order valence-electron chi connectivity index (χ3n) is 4.47. The molecular formula is C21H27N5O. The Morgan fingerprint density at radius 1 is 1.19 bits per heavy atom. The van der Waals surface area contributed by atoms with E-state index in [9.17, 15) is 0 Å². The number of ether oxygens (including phenoxy) is 1. The number of amidine groups is 1. The largest absolute Gasteiger partial charge is 0.378 e. The van der Waals surface area contributed by atoms with Crippen molar-refractivity contribution in [3.8, 4) is 0 Å². The standard InChI is InChI=1S/C21H27N5O/c1-4-9-24-21(20-17(3)22-10-11-23-20)25-16(2)18-5-7-19(8-6-18)26-12-14-27-15-13-26/h5-8,10-11H,2,4,9,12-15H2,1,3H3,(H,24,25). The monoisotopic (exact) mass is 365 g/mol. The molecule has 6 nitrogen and oxygen atoms in total. The molecule has 1 aromatic carbocycles. The number of aliphatic imine (C=N–C) groups is 1. The van der Waals surface area contributed by atoms with Crippen molar-refractivity contribution in [2.75, 3.05) is 37.7 Å². The van der Waals surface area contributed by atoms with Gasteiger partial charge in [0.05, 0.1) is 24.6 Å². The van der Waals surface area contributed by atoms with Crippen LogP contribution < -0.4 is 10.2 Å². The predicted octanol–water partition coefficient (Wildman–Crippen LogP) is 3.04. The van der Waals surface area contributed by atoms with E-state index < -0.39 is 0 Å². The van der Waals surface area contributed by atoms with Crippen LogP contribution in [0.5, 0.6) is 0 Å². The number of aromatic nitrogens is 2. The maximum absolute atomic E-state index is 5.42. The number of rotatable bonds is 6. The second-order valence-corrected chi connectivity index (χ2v) is 6.47. The average molecular weight is 365 g/mol. The Labute approximate surface area is 161 Å². The Kier molecular flexibility index (Phi) is 6.54. The van der Waals surface area contributed by atoms with Gasteiger partial charge in [-0.15, -0.1) is 0 Å². The smallest absolute Gasteiger partial charge is 0.154 e. The van der Waals surface area contributed by atoms with E-state index in [1.54, 1.807) is 12.4 Å². The second kappa shape index (κ2) is 9.28. The summed E-state index contributed by atoms with van der Waals surface area (Å²) in [6.45, 7) is 12.4. The molecule has 0 aliphatic carbocycles. The van der Waals surface area contributed by atoms with Crippen molar-refractivity contribution < 1.29 is 4.74 Å². The summed E-state index contributed by atoms with van der Waals surface area (Å²) in [4.78, 5) is 15.8. The number of nitrogens with zero attached hydrogens (tertiary/aromatic N) is 4. The number of anilines is 1. The Bertz CT molecular complexity index is 794. The van der Waals surface area contributed by atoms with E-state index in [4.69, 9.17) is 9.73 Å². The van der Waals surface area contributed by atoms with Gasteiger partial charge in [0.25, 0.3) is 0 Å². The minimum atomic E-state index is 0.701. The highest BCUT2D eigenvalue weighted by Gasteiger charge is 2.12. The number of nitrogens with one attached hydrogen (secondary N) is 1. The summed E-state index contributed by atoms with van der Waals surface area (Å²) in [5.74, 6) is 0.713. The zero-order valence-corrected chi connectivity index (χ0v) is 16.1. The van der Waals surface area contributed by atoms with E-state index in [1.807, 2.05) is 6.92 Å². The van der Waals surface area contributed by atoms with Crippen molar-refractivity contribution in [1.82, 2.24) is 15.3 Å². The first-order chi connectivity index (χ1) is 13.2. The van der Waals surface area contributed by atoms with Crippen LogP contribution in [0.3, 0.4) is 0 Å². The summed E-state index contributed by atoms with van der Waals surface area (Å²) < 4.78 is 5.42. The van der Waals surface area contributed by atoms with Gasteiger partial charge in [-0.1, -0.05) is 25.6 Å². The van der Waals surface area contributed by atoms with Crippen molar-refractivity contribution in [3.05, 3.63) is 60.2 Å². The lowest BCUT2D eigenvalue weighted by Gasteiger charge is -2.28. The van der Waals surface area contributed by atoms with E-state index in [-0.39, 0.29) is 0 Å². The Morgan fingerprint density at radius 3 is 2.56 bits per heavy atom. The van der Waals surface area contributed by atoms with Crippen LogP contribution in [0.2, 0.25) is 0 Å². The molecule has 0 radical (unpaired) electrons. The van der Waals surface area contributed by atoms with Gasteiger partial charge in [0.15, 0.2) is 5.84 Å². The molecule has 1 aromatic heterocycles. The number of hydrogen-bond donors (Lipinski definition) is 1. The second-order valence-electron chi connectivity index (χ2n) is 6.47. The fourth-order valence-electron chi connectivity index (χ4n) is 2.95. The first kappa shape index (κ1) is 19.0. The Balaban J connectivity index is 1.80. The molecule has 27 heavy (non-hydrogen) atoms. The fraction of sp³-hybridized carbons (Fsp3) is 0.381. The molecule has 1 fully saturated rings. The summed E-state index contributed by atoms with van der Waals surface area (Å²) in [5.41, 5.74) is 4.50. The zero-order chi connectivity index (χ0) is 19.1. The summed E-state index contributed by atoms with van der Waals surface area (Å²) in [7, 11) is 0. The number of benzene rings is 1. The quantitative estimate of drug-likeness (QED) is 0.630. The predicted molar refractivity (Wildman–Crippen MR) is 110 cm³/mol. The van der Waals surface area contributed by atoms with Crippen LogP contribution in [0.25, 0.3) is 5.70 Å². The maximum atomic E-state index is 5.42. The van der Waals surface area contributed by atoms with Gasteiger partial charge in [0, 0.05) is 37.7 Å². The molecule has 142 valence electrons. The van der Waals surface area contributed by atoms with Gasteiger partial charge in [-0.25, -0.2) is 9.98 Å². The van der Waals surface area contributed by atoms with Crippen LogP contribution in [0.1, 0.15) is 30.3 Å². The lowest BCUT2D eigenvalue weighted by atomic mass is 10.1. The summed E-state index contributed by atoms with van der Waals surface area (Å²) in [5, 5.41) is 3.35. The van der Waals surface area contributed by atoms with Crippen molar-refractivity contribution >= 4 is 17.2 Å². The molecule has 3 rings (SSSR count). The third kappa shape index (κ3) is 4.92. The highest BCUT2D eigenvalue weighted by molar-refractivity contribution is 6.00. The molecule has 0 atom stereocenters. The van der Waals surface area contributed by atoms with Gasteiger partial charge in [-0.3, -0.25) is 4.98 Å². The normalized spacial score (nSPS) is 14.9. The van der Waals surface area contributed by atoms with Crippen LogP contribution >= 0.6 is 0 Å². The molecule has 0 amide bonds. The van der Waals surface area contributed by atoms with Gasteiger partial charge in [-0.05, 0) is 31.0 Å². The molecule has 0 saturated carbocycles.